The van der Waals surface area contributed by atoms with Crippen LogP contribution in [0.5, 0.6) is 0 Å². The van der Waals surface area contributed by atoms with Gasteiger partial charge in [-0.05, 0) is 30.5 Å². The highest BCUT2D eigenvalue weighted by Crippen LogP contribution is 2.06. The van der Waals surface area contributed by atoms with E-state index in [1.807, 2.05) is 45.0 Å². The number of hydrogen-bond donors (Lipinski definition) is 0. The summed E-state index contributed by atoms with van der Waals surface area (Å²) in [5, 5.41) is 0. The third-order valence-corrected chi connectivity index (χ3v) is 2.04. The largest absolute Gasteiger partial charge is 0.462 e. The van der Waals surface area contributed by atoms with E-state index in [9.17, 15) is 4.79 Å². The van der Waals surface area contributed by atoms with Gasteiger partial charge in [-0.2, -0.15) is 0 Å². The molecule has 0 atom stereocenters. The smallest absolute Gasteiger partial charge is 0.338 e. The van der Waals surface area contributed by atoms with E-state index in [1.165, 1.54) is 5.56 Å². The maximum atomic E-state index is 11.4. The second kappa shape index (κ2) is 8.96. The summed E-state index contributed by atoms with van der Waals surface area (Å²) in [6, 6.07) is 7.55. The molecule has 0 saturated carbocycles. The Labute approximate surface area is 98.6 Å². The van der Waals surface area contributed by atoms with E-state index >= 15 is 0 Å². The standard InChI is InChI=1S/C12H16O2.C2H6/c1-3-9-14-12(13)11-7-5-10(4-2)6-8-11;1-2/h5-8H,3-4,9H2,1-2H3;1-2H3. The van der Waals surface area contributed by atoms with Crippen molar-refractivity contribution in [3.05, 3.63) is 35.4 Å². The summed E-state index contributed by atoms with van der Waals surface area (Å²) in [6.07, 6.45) is 1.85. The Morgan fingerprint density at radius 2 is 1.69 bits per heavy atom. The predicted octanol–water partition coefficient (Wildman–Crippen LogP) is 3.84. The molecule has 0 aliphatic carbocycles. The molecule has 1 aromatic carbocycles. The summed E-state index contributed by atoms with van der Waals surface area (Å²) in [6.45, 7) is 8.56. The summed E-state index contributed by atoms with van der Waals surface area (Å²) in [4.78, 5) is 11.4. The average Bonchev–Trinajstić information content (AvgIpc) is 2.38. The number of benzene rings is 1. The highest BCUT2D eigenvalue weighted by atomic mass is 16.5. The van der Waals surface area contributed by atoms with Crippen LogP contribution in [0.2, 0.25) is 0 Å². The van der Waals surface area contributed by atoms with Crippen molar-refractivity contribution in [3.8, 4) is 0 Å². The van der Waals surface area contributed by atoms with E-state index in [1.54, 1.807) is 0 Å². The second-order valence-corrected chi connectivity index (χ2v) is 3.19. The molecular formula is C14H22O2. The van der Waals surface area contributed by atoms with Crippen LogP contribution in [-0.4, -0.2) is 12.6 Å². The lowest BCUT2D eigenvalue weighted by Gasteiger charge is -2.03. The van der Waals surface area contributed by atoms with Crippen molar-refractivity contribution < 1.29 is 9.53 Å². The summed E-state index contributed by atoms with van der Waals surface area (Å²) >= 11 is 0. The fourth-order valence-corrected chi connectivity index (χ4v) is 1.15. The van der Waals surface area contributed by atoms with Crippen molar-refractivity contribution in [2.24, 2.45) is 0 Å². The maximum absolute atomic E-state index is 11.4. The lowest BCUT2D eigenvalue weighted by atomic mass is 10.1. The lowest BCUT2D eigenvalue weighted by Crippen LogP contribution is -2.05. The zero-order valence-corrected chi connectivity index (χ0v) is 10.7. The number of rotatable bonds is 4. The third kappa shape index (κ3) is 4.96. The van der Waals surface area contributed by atoms with Gasteiger partial charge in [0.05, 0.1) is 12.2 Å². The van der Waals surface area contributed by atoms with E-state index in [4.69, 9.17) is 4.74 Å². The van der Waals surface area contributed by atoms with E-state index < -0.39 is 0 Å². The third-order valence-electron chi connectivity index (χ3n) is 2.04. The monoisotopic (exact) mass is 222 g/mol. The quantitative estimate of drug-likeness (QED) is 0.723. The minimum atomic E-state index is -0.227. The molecule has 0 aromatic heterocycles. The molecule has 0 aliphatic heterocycles. The molecule has 0 radical (unpaired) electrons. The molecule has 16 heavy (non-hydrogen) atoms. The first-order chi connectivity index (χ1) is 7.77. The van der Waals surface area contributed by atoms with Gasteiger partial charge in [-0.3, -0.25) is 0 Å². The Hall–Kier alpha value is -1.31. The summed E-state index contributed by atoms with van der Waals surface area (Å²) in [5.41, 5.74) is 1.87. The number of aryl methyl sites for hydroxylation is 1. The highest BCUT2D eigenvalue weighted by molar-refractivity contribution is 5.89. The Balaban J connectivity index is 0.00000106. The van der Waals surface area contributed by atoms with Gasteiger partial charge in [-0.15, -0.1) is 0 Å². The van der Waals surface area contributed by atoms with Crippen LogP contribution in [-0.2, 0) is 11.2 Å². The molecule has 0 saturated heterocycles. The van der Waals surface area contributed by atoms with Gasteiger partial charge in [0.15, 0.2) is 0 Å². The highest BCUT2D eigenvalue weighted by Gasteiger charge is 2.05. The van der Waals surface area contributed by atoms with E-state index in [2.05, 4.69) is 6.92 Å². The molecule has 0 aliphatic rings. The van der Waals surface area contributed by atoms with Crippen molar-refractivity contribution in [2.75, 3.05) is 6.61 Å². The van der Waals surface area contributed by atoms with Gasteiger partial charge >= 0.3 is 5.97 Å². The topological polar surface area (TPSA) is 26.3 Å². The number of carbonyl (C=O) groups is 1. The molecule has 0 N–H and O–H groups in total. The van der Waals surface area contributed by atoms with Crippen LogP contribution in [0.15, 0.2) is 24.3 Å². The molecule has 1 aromatic rings. The van der Waals surface area contributed by atoms with Gasteiger partial charge in [0, 0.05) is 0 Å². The number of ether oxygens (including phenoxy) is 1. The first kappa shape index (κ1) is 14.7. The van der Waals surface area contributed by atoms with Crippen molar-refractivity contribution in [1.29, 1.82) is 0 Å². The number of hydrogen-bond acceptors (Lipinski definition) is 2. The van der Waals surface area contributed by atoms with Crippen LogP contribution < -0.4 is 0 Å². The van der Waals surface area contributed by atoms with Crippen LogP contribution in [0.1, 0.15) is 50.0 Å². The van der Waals surface area contributed by atoms with Gasteiger partial charge in [-0.25, -0.2) is 4.79 Å². The van der Waals surface area contributed by atoms with Gasteiger partial charge in [0.2, 0.25) is 0 Å². The molecule has 0 amide bonds. The molecule has 0 fully saturated rings. The molecular weight excluding hydrogens is 200 g/mol. The Morgan fingerprint density at radius 3 is 2.12 bits per heavy atom. The molecule has 0 unspecified atom stereocenters. The van der Waals surface area contributed by atoms with E-state index in [0.717, 1.165) is 12.8 Å². The van der Waals surface area contributed by atoms with Crippen LogP contribution in [0.25, 0.3) is 0 Å². The minimum absolute atomic E-state index is 0.227. The van der Waals surface area contributed by atoms with Crippen LogP contribution in [0, 0.1) is 0 Å². The fraction of sp³-hybridized carbons (Fsp3) is 0.500. The fourth-order valence-electron chi connectivity index (χ4n) is 1.15. The molecule has 2 heteroatoms. The average molecular weight is 222 g/mol. The summed E-state index contributed by atoms with van der Waals surface area (Å²) in [7, 11) is 0. The Morgan fingerprint density at radius 1 is 1.12 bits per heavy atom. The predicted molar refractivity (Wildman–Crippen MR) is 67.7 cm³/mol. The minimum Gasteiger partial charge on any atom is -0.462 e. The summed E-state index contributed by atoms with van der Waals surface area (Å²) in [5.74, 6) is -0.227. The van der Waals surface area contributed by atoms with E-state index in [0.29, 0.717) is 12.2 Å². The normalized spacial score (nSPS) is 9.00. The molecule has 0 spiro atoms. The van der Waals surface area contributed by atoms with Gasteiger partial charge < -0.3 is 4.74 Å². The number of carbonyl (C=O) groups excluding carboxylic acids is 1. The Kier molecular flexibility index (Phi) is 8.22. The molecule has 0 bridgehead atoms. The van der Waals surface area contributed by atoms with Crippen molar-refractivity contribution in [3.63, 3.8) is 0 Å². The van der Waals surface area contributed by atoms with Gasteiger partial charge in [-0.1, -0.05) is 39.8 Å². The van der Waals surface area contributed by atoms with Crippen LogP contribution in [0.3, 0.4) is 0 Å². The second-order valence-electron chi connectivity index (χ2n) is 3.19. The molecule has 2 nitrogen and oxygen atoms in total. The van der Waals surface area contributed by atoms with Crippen molar-refractivity contribution in [2.45, 2.75) is 40.5 Å². The first-order valence-corrected chi connectivity index (χ1v) is 6.04. The molecule has 0 heterocycles. The van der Waals surface area contributed by atoms with Crippen LogP contribution in [0.4, 0.5) is 0 Å². The zero-order valence-electron chi connectivity index (χ0n) is 10.7. The molecule has 90 valence electrons. The maximum Gasteiger partial charge on any atom is 0.338 e. The summed E-state index contributed by atoms with van der Waals surface area (Å²) < 4.78 is 5.01. The van der Waals surface area contributed by atoms with E-state index in [-0.39, 0.29) is 5.97 Å². The number of esters is 1. The van der Waals surface area contributed by atoms with Gasteiger partial charge in [0.25, 0.3) is 0 Å². The first-order valence-electron chi connectivity index (χ1n) is 6.04. The lowest BCUT2D eigenvalue weighted by molar-refractivity contribution is 0.0505. The zero-order chi connectivity index (χ0) is 12.4. The SMILES string of the molecule is CC.CCCOC(=O)c1ccc(CC)cc1. The van der Waals surface area contributed by atoms with Crippen molar-refractivity contribution in [1.82, 2.24) is 0 Å². The van der Waals surface area contributed by atoms with Gasteiger partial charge in [0.1, 0.15) is 0 Å². The Bertz CT molecular complexity index is 288. The molecule has 1 rings (SSSR count). The van der Waals surface area contributed by atoms with Crippen molar-refractivity contribution >= 4 is 5.97 Å². The van der Waals surface area contributed by atoms with Crippen LogP contribution >= 0.6 is 0 Å².